The molecule has 3 aromatic rings. The third-order valence-electron chi connectivity index (χ3n) is 4.48. The molecule has 0 aliphatic carbocycles. The molecule has 3 rings (SSSR count). The summed E-state index contributed by atoms with van der Waals surface area (Å²) >= 11 is 0. The van der Waals surface area contributed by atoms with Gasteiger partial charge in [-0.25, -0.2) is 4.79 Å². The zero-order chi connectivity index (χ0) is 19.4. The van der Waals surface area contributed by atoms with E-state index in [1.165, 1.54) is 0 Å². The van der Waals surface area contributed by atoms with Gasteiger partial charge >= 0.3 is 5.97 Å². The maximum atomic E-state index is 12.5. The summed E-state index contributed by atoms with van der Waals surface area (Å²) in [6, 6.07) is 14.4. The Kier molecular flexibility index (Phi) is 5.61. The highest BCUT2D eigenvalue weighted by molar-refractivity contribution is 6.76. The first-order chi connectivity index (χ1) is 12.9. The summed E-state index contributed by atoms with van der Waals surface area (Å²) in [5.74, 6) is 0.534. The van der Waals surface area contributed by atoms with Crippen molar-refractivity contribution in [3.05, 3.63) is 60.4 Å². The van der Waals surface area contributed by atoms with E-state index in [4.69, 9.17) is 9.47 Å². The molecule has 5 heteroatoms. The van der Waals surface area contributed by atoms with Crippen LogP contribution in [-0.2, 0) is 4.74 Å². The van der Waals surface area contributed by atoms with Gasteiger partial charge in [-0.15, -0.1) is 0 Å². The topological polar surface area (TPSA) is 48.4 Å². The van der Waals surface area contributed by atoms with Crippen LogP contribution in [0.1, 0.15) is 10.4 Å². The van der Waals surface area contributed by atoms with Crippen LogP contribution < -0.4 is 4.74 Å². The quantitative estimate of drug-likeness (QED) is 0.425. The molecule has 0 N–H and O–H groups in total. The number of fused-ring (bicyclic) bond motifs is 1. The zero-order valence-electron chi connectivity index (χ0n) is 16.3. The fraction of sp³-hybridized carbons (Fsp3) is 0.273. The molecule has 1 heterocycles. The number of nitrogens with zero attached hydrogens (tertiary/aromatic N) is 1. The standard InChI is InChI=1S/C22H25NO3Si/c1-25-19-9-7-16(8-10-19)21-15-23-14-18-6-5-17(13-20(18)21)22(24)26-11-12-27(2,3)4/h5-10,13-15H,11-12H2,1-4H3. The number of ether oxygens (including phenoxy) is 2. The molecule has 0 bridgehead atoms. The molecule has 0 saturated heterocycles. The monoisotopic (exact) mass is 379 g/mol. The Morgan fingerprint density at radius 1 is 1.04 bits per heavy atom. The summed E-state index contributed by atoms with van der Waals surface area (Å²) in [6.45, 7) is 7.29. The second kappa shape index (κ2) is 7.92. The van der Waals surface area contributed by atoms with Crippen LogP contribution in [0.3, 0.4) is 0 Å². The fourth-order valence-electron chi connectivity index (χ4n) is 2.82. The smallest absolute Gasteiger partial charge is 0.338 e. The molecule has 0 amide bonds. The first kappa shape index (κ1) is 19.1. The van der Waals surface area contributed by atoms with Crippen LogP contribution >= 0.6 is 0 Å². The lowest BCUT2D eigenvalue weighted by molar-refractivity contribution is 0.0525. The number of hydrogen-bond donors (Lipinski definition) is 0. The predicted molar refractivity (Wildman–Crippen MR) is 112 cm³/mol. The minimum absolute atomic E-state index is 0.271. The Labute approximate surface area is 161 Å². The van der Waals surface area contributed by atoms with Gasteiger partial charge in [0.25, 0.3) is 0 Å². The van der Waals surface area contributed by atoms with E-state index in [0.717, 1.165) is 33.7 Å². The van der Waals surface area contributed by atoms with Crippen LogP contribution in [0.15, 0.2) is 54.9 Å². The van der Waals surface area contributed by atoms with E-state index >= 15 is 0 Å². The molecule has 0 aliphatic rings. The number of esters is 1. The van der Waals surface area contributed by atoms with Crippen LogP contribution in [-0.4, -0.2) is 32.7 Å². The third-order valence-corrected chi connectivity index (χ3v) is 6.19. The van der Waals surface area contributed by atoms with Gasteiger partial charge in [0, 0.05) is 31.4 Å². The minimum atomic E-state index is -1.23. The van der Waals surface area contributed by atoms with Gasteiger partial charge in [0.05, 0.1) is 19.3 Å². The average molecular weight is 380 g/mol. The molecule has 0 radical (unpaired) electrons. The normalized spacial score (nSPS) is 11.4. The maximum Gasteiger partial charge on any atom is 0.338 e. The van der Waals surface area contributed by atoms with Crippen LogP contribution in [0.5, 0.6) is 5.75 Å². The van der Waals surface area contributed by atoms with Crippen molar-refractivity contribution in [1.29, 1.82) is 0 Å². The van der Waals surface area contributed by atoms with E-state index in [9.17, 15) is 4.79 Å². The number of methoxy groups -OCH3 is 1. The highest BCUT2D eigenvalue weighted by atomic mass is 28.3. The summed E-state index contributed by atoms with van der Waals surface area (Å²) in [5, 5.41) is 1.97. The van der Waals surface area contributed by atoms with Gasteiger partial charge in [-0.05, 0) is 41.3 Å². The minimum Gasteiger partial charge on any atom is -0.497 e. The molecular formula is C22H25NO3Si. The third kappa shape index (κ3) is 4.74. The van der Waals surface area contributed by atoms with Gasteiger partial charge in [0.2, 0.25) is 0 Å². The Balaban J connectivity index is 1.90. The largest absolute Gasteiger partial charge is 0.497 e. The van der Waals surface area contributed by atoms with Gasteiger partial charge < -0.3 is 9.47 Å². The molecule has 27 heavy (non-hydrogen) atoms. The molecule has 0 saturated carbocycles. The van der Waals surface area contributed by atoms with Crippen LogP contribution in [0.4, 0.5) is 0 Å². The number of pyridine rings is 1. The average Bonchev–Trinajstić information content (AvgIpc) is 2.66. The van der Waals surface area contributed by atoms with Crippen LogP contribution in [0, 0.1) is 0 Å². The number of rotatable bonds is 6. The van der Waals surface area contributed by atoms with Crippen molar-refractivity contribution in [2.24, 2.45) is 0 Å². The van der Waals surface area contributed by atoms with Crippen molar-refractivity contribution < 1.29 is 14.3 Å². The van der Waals surface area contributed by atoms with Crippen LogP contribution in [0.2, 0.25) is 25.7 Å². The van der Waals surface area contributed by atoms with Crippen molar-refractivity contribution >= 4 is 24.8 Å². The lowest BCUT2D eigenvalue weighted by atomic mass is 9.99. The number of carbonyl (C=O) groups is 1. The Morgan fingerprint density at radius 3 is 2.44 bits per heavy atom. The molecule has 4 nitrogen and oxygen atoms in total. The first-order valence-electron chi connectivity index (χ1n) is 9.07. The molecule has 0 spiro atoms. The molecule has 2 aromatic carbocycles. The highest BCUT2D eigenvalue weighted by Crippen LogP contribution is 2.30. The summed E-state index contributed by atoms with van der Waals surface area (Å²) < 4.78 is 10.7. The van der Waals surface area contributed by atoms with E-state index in [0.29, 0.717) is 12.2 Å². The second-order valence-electron chi connectivity index (χ2n) is 7.80. The number of hydrogen-bond acceptors (Lipinski definition) is 4. The van der Waals surface area contributed by atoms with Crippen molar-refractivity contribution in [1.82, 2.24) is 4.98 Å². The Morgan fingerprint density at radius 2 is 1.78 bits per heavy atom. The second-order valence-corrected chi connectivity index (χ2v) is 13.4. The summed E-state index contributed by atoms with van der Waals surface area (Å²) in [6.07, 6.45) is 3.63. The lowest BCUT2D eigenvalue weighted by Gasteiger charge is -2.15. The fourth-order valence-corrected chi connectivity index (χ4v) is 3.54. The van der Waals surface area contributed by atoms with E-state index in [-0.39, 0.29) is 5.97 Å². The van der Waals surface area contributed by atoms with E-state index < -0.39 is 8.07 Å². The van der Waals surface area contributed by atoms with Crippen molar-refractivity contribution in [3.8, 4) is 16.9 Å². The molecule has 0 aliphatic heterocycles. The zero-order valence-corrected chi connectivity index (χ0v) is 17.3. The van der Waals surface area contributed by atoms with Crippen molar-refractivity contribution in [2.75, 3.05) is 13.7 Å². The van der Waals surface area contributed by atoms with Gasteiger partial charge in [0.1, 0.15) is 5.75 Å². The van der Waals surface area contributed by atoms with Gasteiger partial charge in [0.15, 0.2) is 0 Å². The molecular weight excluding hydrogens is 354 g/mol. The molecule has 0 atom stereocenters. The Bertz CT molecular complexity index is 946. The van der Waals surface area contributed by atoms with Crippen molar-refractivity contribution in [2.45, 2.75) is 25.7 Å². The van der Waals surface area contributed by atoms with E-state index in [1.54, 1.807) is 13.2 Å². The summed E-state index contributed by atoms with van der Waals surface area (Å²) in [7, 11) is 0.422. The van der Waals surface area contributed by atoms with Crippen LogP contribution in [0.25, 0.3) is 21.9 Å². The SMILES string of the molecule is COc1ccc(-c2cncc3ccc(C(=O)OCC[Si](C)(C)C)cc23)cc1. The van der Waals surface area contributed by atoms with Gasteiger partial charge in [-0.1, -0.05) is 37.8 Å². The number of carbonyl (C=O) groups excluding carboxylic acids is 1. The lowest BCUT2D eigenvalue weighted by Crippen LogP contribution is -2.22. The number of benzene rings is 2. The maximum absolute atomic E-state index is 12.5. The molecule has 1 aromatic heterocycles. The first-order valence-corrected chi connectivity index (χ1v) is 12.8. The van der Waals surface area contributed by atoms with Gasteiger partial charge in [-0.2, -0.15) is 0 Å². The molecule has 0 unspecified atom stereocenters. The molecule has 140 valence electrons. The number of aromatic nitrogens is 1. The van der Waals surface area contributed by atoms with E-state index in [1.807, 2.05) is 48.8 Å². The summed E-state index contributed by atoms with van der Waals surface area (Å²) in [5.41, 5.74) is 2.57. The predicted octanol–water partition coefficient (Wildman–Crippen LogP) is 5.41. The summed E-state index contributed by atoms with van der Waals surface area (Å²) in [4.78, 5) is 16.8. The highest BCUT2D eigenvalue weighted by Gasteiger charge is 2.15. The van der Waals surface area contributed by atoms with Crippen molar-refractivity contribution in [3.63, 3.8) is 0 Å². The molecule has 0 fully saturated rings. The van der Waals surface area contributed by atoms with E-state index in [2.05, 4.69) is 24.6 Å². The Hall–Kier alpha value is -2.66. The van der Waals surface area contributed by atoms with Gasteiger partial charge in [-0.3, -0.25) is 4.98 Å².